The van der Waals surface area contributed by atoms with E-state index < -0.39 is 6.10 Å². The second kappa shape index (κ2) is 55.4. The molecule has 0 aliphatic rings. The summed E-state index contributed by atoms with van der Waals surface area (Å²) in [5, 5.41) is 0. The molecule has 0 heterocycles. The Kier molecular flexibility index (Phi) is 52.8. The van der Waals surface area contributed by atoms with E-state index in [-0.39, 0.29) is 31.1 Å². The van der Waals surface area contributed by atoms with Gasteiger partial charge in [-0.1, -0.05) is 222 Å². The Hall–Kier alpha value is -3.15. The van der Waals surface area contributed by atoms with E-state index in [1.165, 1.54) is 122 Å². The summed E-state index contributed by atoms with van der Waals surface area (Å²) < 4.78 is 16.8. The van der Waals surface area contributed by atoms with Crippen molar-refractivity contribution >= 4 is 17.9 Å². The maximum absolute atomic E-state index is 12.8. The van der Waals surface area contributed by atoms with Gasteiger partial charge < -0.3 is 14.2 Å². The number of carbonyl (C=O) groups is 3. The number of hydrogen-bond acceptors (Lipinski definition) is 6. The van der Waals surface area contributed by atoms with Crippen LogP contribution in [0.5, 0.6) is 0 Å². The van der Waals surface area contributed by atoms with Gasteiger partial charge in [0, 0.05) is 19.3 Å². The lowest BCUT2D eigenvalue weighted by Gasteiger charge is -2.18. The Labute approximate surface area is 414 Å². The molecule has 0 bridgehead atoms. The normalized spacial score (nSPS) is 12.6. The molecular weight excluding hydrogens is 829 g/mol. The summed E-state index contributed by atoms with van der Waals surface area (Å²) in [7, 11) is 0. The molecule has 0 radical (unpaired) electrons. The van der Waals surface area contributed by atoms with Crippen molar-refractivity contribution < 1.29 is 28.6 Å². The van der Waals surface area contributed by atoms with E-state index in [1.807, 2.05) is 0 Å². The topological polar surface area (TPSA) is 78.9 Å². The number of ether oxygens (including phenoxy) is 3. The minimum absolute atomic E-state index is 0.0890. The van der Waals surface area contributed by atoms with Crippen molar-refractivity contribution in [2.45, 2.75) is 284 Å². The monoisotopic (exact) mass is 935 g/mol. The lowest BCUT2D eigenvalue weighted by Crippen LogP contribution is -2.30. The number of allylic oxidation sites excluding steroid dienone is 12. The zero-order chi connectivity index (χ0) is 48.6. The molecule has 0 saturated heterocycles. The Morgan fingerprint density at radius 1 is 0.313 bits per heavy atom. The molecule has 0 aromatic rings. The largest absolute Gasteiger partial charge is 0.462 e. The molecule has 1 atom stereocenters. The zero-order valence-electron chi connectivity index (χ0n) is 44.2. The van der Waals surface area contributed by atoms with Gasteiger partial charge in [0.2, 0.25) is 0 Å². The van der Waals surface area contributed by atoms with Crippen LogP contribution in [0.3, 0.4) is 0 Å². The predicted octanol–water partition coefficient (Wildman–Crippen LogP) is 19.0. The molecule has 0 aliphatic carbocycles. The zero-order valence-corrected chi connectivity index (χ0v) is 44.2. The summed E-state index contributed by atoms with van der Waals surface area (Å²) in [6.45, 7) is 6.49. The van der Waals surface area contributed by atoms with Crippen LogP contribution in [0.25, 0.3) is 0 Å². The van der Waals surface area contributed by atoms with Crippen LogP contribution in [-0.4, -0.2) is 37.2 Å². The van der Waals surface area contributed by atoms with Crippen molar-refractivity contribution in [1.82, 2.24) is 0 Å². The lowest BCUT2D eigenvalue weighted by atomic mass is 10.1. The van der Waals surface area contributed by atoms with Gasteiger partial charge in [-0.25, -0.2) is 0 Å². The standard InChI is InChI=1S/C61H106O6/c1-4-7-10-13-16-19-22-25-28-29-30-31-34-36-39-42-45-48-51-54-60(63)66-57-58(67-61(64)55-52-49-46-43-40-37-33-27-24-21-18-15-12-9-6-3)56-65-59(62)53-50-47-44-41-38-35-32-26-23-20-17-14-11-8-5-2/h9,12,17-18,20-21,26-27,29-30,32-33,58H,4-8,10-11,13-16,19,22-25,28,31,34-57H2,1-3H3/b12-9-,20-17-,21-18-,30-29-,32-26-,33-27-/t58-/m1/s1. The SMILES string of the molecule is CC/C=C\C/C=C\C/C=C\CCCCCCCC(=O)O[C@H](COC(=O)CCCCCCC/C=C\C/C=C\CCCCC)COC(=O)CCCCCCCCC/C=C\CCCCCCCCCC. The first-order chi connectivity index (χ1) is 33.0. The Morgan fingerprint density at radius 3 is 0.955 bits per heavy atom. The Bertz CT molecular complexity index is 1260. The maximum atomic E-state index is 12.8. The van der Waals surface area contributed by atoms with E-state index in [0.717, 1.165) is 116 Å². The van der Waals surface area contributed by atoms with E-state index >= 15 is 0 Å². The van der Waals surface area contributed by atoms with Gasteiger partial charge in [0.25, 0.3) is 0 Å². The molecule has 0 N–H and O–H groups in total. The minimum Gasteiger partial charge on any atom is -0.462 e. The van der Waals surface area contributed by atoms with Crippen LogP contribution >= 0.6 is 0 Å². The van der Waals surface area contributed by atoms with Crippen LogP contribution in [-0.2, 0) is 28.6 Å². The third kappa shape index (κ3) is 53.7. The highest BCUT2D eigenvalue weighted by Crippen LogP contribution is 2.15. The predicted molar refractivity (Wildman–Crippen MR) is 288 cm³/mol. The highest BCUT2D eigenvalue weighted by molar-refractivity contribution is 5.71. The van der Waals surface area contributed by atoms with Gasteiger partial charge in [-0.15, -0.1) is 0 Å². The molecule has 386 valence electrons. The molecule has 6 nitrogen and oxygen atoms in total. The number of carbonyl (C=O) groups excluding carboxylic acids is 3. The van der Waals surface area contributed by atoms with Crippen LogP contribution in [0.4, 0.5) is 0 Å². The fourth-order valence-electron chi connectivity index (χ4n) is 7.89. The second-order valence-corrected chi connectivity index (χ2v) is 18.8. The first kappa shape index (κ1) is 63.8. The van der Waals surface area contributed by atoms with Gasteiger partial charge in [-0.3, -0.25) is 14.4 Å². The molecule has 0 aromatic heterocycles. The van der Waals surface area contributed by atoms with Crippen molar-refractivity contribution in [1.29, 1.82) is 0 Å². The fourth-order valence-corrected chi connectivity index (χ4v) is 7.89. The molecule has 67 heavy (non-hydrogen) atoms. The molecule has 0 aromatic carbocycles. The van der Waals surface area contributed by atoms with Crippen LogP contribution in [0.1, 0.15) is 278 Å². The fraction of sp³-hybridized carbons (Fsp3) is 0.754. The summed E-state index contributed by atoms with van der Waals surface area (Å²) in [5.41, 5.74) is 0. The van der Waals surface area contributed by atoms with Crippen molar-refractivity contribution in [3.8, 4) is 0 Å². The molecule has 0 unspecified atom stereocenters. The van der Waals surface area contributed by atoms with Crippen LogP contribution in [0.2, 0.25) is 0 Å². The minimum atomic E-state index is -0.792. The first-order valence-corrected chi connectivity index (χ1v) is 28.4. The summed E-state index contributed by atoms with van der Waals surface area (Å²) >= 11 is 0. The Morgan fingerprint density at radius 2 is 0.582 bits per heavy atom. The average molecular weight is 936 g/mol. The van der Waals surface area contributed by atoms with Crippen molar-refractivity contribution in [2.75, 3.05) is 13.2 Å². The molecule has 0 saturated carbocycles. The van der Waals surface area contributed by atoms with Gasteiger partial charge in [0.1, 0.15) is 13.2 Å². The maximum Gasteiger partial charge on any atom is 0.306 e. The third-order valence-electron chi connectivity index (χ3n) is 12.2. The molecule has 0 rings (SSSR count). The average Bonchev–Trinajstić information content (AvgIpc) is 3.33. The third-order valence-corrected chi connectivity index (χ3v) is 12.2. The number of unbranched alkanes of at least 4 members (excludes halogenated alkanes) is 28. The molecule has 0 aliphatic heterocycles. The molecule has 6 heteroatoms. The van der Waals surface area contributed by atoms with Gasteiger partial charge in [0.05, 0.1) is 0 Å². The quantitative estimate of drug-likeness (QED) is 0.0262. The van der Waals surface area contributed by atoms with Gasteiger partial charge in [0.15, 0.2) is 6.10 Å². The number of hydrogen-bond donors (Lipinski definition) is 0. The van der Waals surface area contributed by atoms with Gasteiger partial charge >= 0.3 is 17.9 Å². The molecule has 0 spiro atoms. The Balaban J connectivity index is 4.41. The van der Waals surface area contributed by atoms with Crippen LogP contribution < -0.4 is 0 Å². The molecular formula is C61H106O6. The van der Waals surface area contributed by atoms with Crippen molar-refractivity contribution in [3.63, 3.8) is 0 Å². The van der Waals surface area contributed by atoms with E-state index in [9.17, 15) is 14.4 Å². The second-order valence-electron chi connectivity index (χ2n) is 18.8. The first-order valence-electron chi connectivity index (χ1n) is 28.4. The van der Waals surface area contributed by atoms with Gasteiger partial charge in [-0.05, 0) is 109 Å². The van der Waals surface area contributed by atoms with E-state index in [2.05, 4.69) is 93.7 Å². The van der Waals surface area contributed by atoms with E-state index in [4.69, 9.17) is 14.2 Å². The van der Waals surface area contributed by atoms with Crippen LogP contribution in [0, 0.1) is 0 Å². The van der Waals surface area contributed by atoms with E-state index in [1.54, 1.807) is 0 Å². The number of rotatable bonds is 51. The number of esters is 3. The summed E-state index contributed by atoms with van der Waals surface area (Å²) in [6.07, 6.45) is 70.3. The van der Waals surface area contributed by atoms with E-state index in [0.29, 0.717) is 19.3 Å². The smallest absolute Gasteiger partial charge is 0.306 e. The van der Waals surface area contributed by atoms with Crippen LogP contribution in [0.15, 0.2) is 72.9 Å². The summed E-state index contributed by atoms with van der Waals surface area (Å²) in [4.78, 5) is 38.1. The summed E-state index contributed by atoms with van der Waals surface area (Å²) in [5.74, 6) is -0.918. The molecule has 0 fully saturated rings. The highest BCUT2D eigenvalue weighted by atomic mass is 16.6. The van der Waals surface area contributed by atoms with Gasteiger partial charge in [-0.2, -0.15) is 0 Å². The lowest BCUT2D eigenvalue weighted by molar-refractivity contribution is -0.167. The van der Waals surface area contributed by atoms with Crippen molar-refractivity contribution in [2.24, 2.45) is 0 Å². The summed E-state index contributed by atoms with van der Waals surface area (Å²) in [6, 6.07) is 0. The van der Waals surface area contributed by atoms with Crippen molar-refractivity contribution in [3.05, 3.63) is 72.9 Å². The highest BCUT2D eigenvalue weighted by Gasteiger charge is 2.19. The molecule has 0 amide bonds.